The fourth-order valence-corrected chi connectivity index (χ4v) is 2.53. The number of hydrogen-bond donors (Lipinski definition) is 0. The van der Waals surface area contributed by atoms with Crippen LogP contribution in [0.25, 0.3) is 0 Å². The average Bonchev–Trinajstić information content (AvgIpc) is 2.38. The Balaban J connectivity index is 3.36. The zero-order valence-electron chi connectivity index (χ0n) is 11.3. The van der Waals surface area contributed by atoms with E-state index in [4.69, 9.17) is 5.26 Å². The number of amides is 1. The van der Waals surface area contributed by atoms with Gasteiger partial charge in [-0.05, 0) is 6.07 Å². The van der Waals surface area contributed by atoms with Gasteiger partial charge in [-0.3, -0.25) is 9.59 Å². The third-order valence-corrected chi connectivity index (χ3v) is 3.79. The monoisotopic (exact) mass is 294 g/mol. The summed E-state index contributed by atoms with van der Waals surface area (Å²) in [6, 6.07) is 7.15. The van der Waals surface area contributed by atoms with Gasteiger partial charge >= 0.3 is 0 Å². The molecule has 1 aromatic carbocycles. The first-order valence-corrected chi connectivity index (χ1v) is 7.53. The molecule has 0 N–H and O–H groups in total. The predicted molar refractivity (Wildman–Crippen MR) is 71.7 cm³/mol. The van der Waals surface area contributed by atoms with Crippen LogP contribution in [-0.2, 0) is 14.6 Å². The van der Waals surface area contributed by atoms with Gasteiger partial charge in [-0.25, -0.2) is 8.42 Å². The molecule has 1 amide bonds. The van der Waals surface area contributed by atoms with Crippen LogP contribution in [0, 0.1) is 17.2 Å². The highest BCUT2D eigenvalue weighted by atomic mass is 32.2. The summed E-state index contributed by atoms with van der Waals surface area (Å²) < 4.78 is 23.3. The Labute approximate surface area is 117 Å². The quantitative estimate of drug-likeness (QED) is 0.595. The van der Waals surface area contributed by atoms with Crippen molar-refractivity contribution in [2.45, 2.75) is 4.90 Å². The molecular formula is C13H14N2O4S. The van der Waals surface area contributed by atoms with E-state index in [0.29, 0.717) is 0 Å². The lowest BCUT2D eigenvalue weighted by Crippen LogP contribution is -2.34. The summed E-state index contributed by atoms with van der Waals surface area (Å²) >= 11 is 0. The Morgan fingerprint density at radius 2 is 1.80 bits per heavy atom. The van der Waals surface area contributed by atoms with Crippen molar-refractivity contribution in [2.75, 3.05) is 20.4 Å². The van der Waals surface area contributed by atoms with Crippen LogP contribution >= 0.6 is 0 Å². The van der Waals surface area contributed by atoms with E-state index >= 15 is 0 Å². The number of Topliss-reactive ketones (excluding diaryl/α,β-unsaturated/α-hetero) is 1. The molecule has 0 heterocycles. The molecule has 0 spiro atoms. The number of nitriles is 1. The Morgan fingerprint density at radius 1 is 1.25 bits per heavy atom. The van der Waals surface area contributed by atoms with E-state index in [2.05, 4.69) is 0 Å². The molecule has 0 bridgehead atoms. The highest BCUT2D eigenvalue weighted by Crippen LogP contribution is 2.19. The van der Waals surface area contributed by atoms with Crippen LogP contribution in [0.2, 0.25) is 0 Å². The lowest BCUT2D eigenvalue weighted by atomic mass is 9.97. The number of benzene rings is 1. The molecule has 1 atom stereocenters. The predicted octanol–water partition coefficient (Wildman–Crippen LogP) is 0.501. The number of nitrogens with zero attached hydrogens (tertiary/aromatic N) is 2. The lowest BCUT2D eigenvalue weighted by molar-refractivity contribution is -0.129. The second kappa shape index (κ2) is 5.84. The lowest BCUT2D eigenvalue weighted by Gasteiger charge is -2.15. The van der Waals surface area contributed by atoms with Crippen LogP contribution in [0.4, 0.5) is 0 Å². The second-order valence-corrected chi connectivity index (χ2v) is 6.41. The minimum Gasteiger partial charge on any atom is -0.347 e. The molecule has 20 heavy (non-hydrogen) atoms. The maximum absolute atomic E-state index is 12.3. The van der Waals surface area contributed by atoms with Crippen molar-refractivity contribution in [1.29, 1.82) is 5.26 Å². The maximum Gasteiger partial charge on any atom is 0.247 e. The molecule has 0 radical (unpaired) electrons. The smallest absolute Gasteiger partial charge is 0.247 e. The number of hydrogen-bond acceptors (Lipinski definition) is 5. The van der Waals surface area contributed by atoms with Crippen molar-refractivity contribution in [3.05, 3.63) is 29.8 Å². The van der Waals surface area contributed by atoms with Crippen molar-refractivity contribution < 1.29 is 18.0 Å². The van der Waals surface area contributed by atoms with Crippen LogP contribution in [0.1, 0.15) is 10.4 Å². The van der Waals surface area contributed by atoms with Gasteiger partial charge in [-0.1, -0.05) is 18.2 Å². The van der Waals surface area contributed by atoms with Crippen molar-refractivity contribution in [2.24, 2.45) is 5.92 Å². The molecule has 0 aromatic heterocycles. The zero-order valence-corrected chi connectivity index (χ0v) is 12.1. The number of sulfone groups is 1. The van der Waals surface area contributed by atoms with Crippen molar-refractivity contribution in [3.63, 3.8) is 0 Å². The van der Waals surface area contributed by atoms with Crippen LogP contribution in [-0.4, -0.2) is 45.4 Å². The largest absolute Gasteiger partial charge is 0.347 e. The molecule has 0 saturated carbocycles. The first-order valence-electron chi connectivity index (χ1n) is 5.64. The molecule has 0 aliphatic heterocycles. The third-order valence-electron chi connectivity index (χ3n) is 2.63. The van der Waals surface area contributed by atoms with Crippen molar-refractivity contribution in [1.82, 2.24) is 4.90 Å². The minimum atomic E-state index is -3.62. The van der Waals surface area contributed by atoms with Crippen LogP contribution in [0.15, 0.2) is 29.2 Å². The van der Waals surface area contributed by atoms with Gasteiger partial charge in [0, 0.05) is 25.9 Å². The molecular weight excluding hydrogens is 280 g/mol. The van der Waals surface area contributed by atoms with Gasteiger partial charge in [0.1, 0.15) is 0 Å². The van der Waals surface area contributed by atoms with Gasteiger partial charge in [0.15, 0.2) is 21.5 Å². The summed E-state index contributed by atoms with van der Waals surface area (Å²) in [7, 11) is -0.783. The number of rotatable bonds is 4. The highest BCUT2D eigenvalue weighted by Gasteiger charge is 2.31. The average molecular weight is 294 g/mol. The van der Waals surface area contributed by atoms with E-state index in [9.17, 15) is 18.0 Å². The number of carbonyl (C=O) groups excluding carboxylic acids is 2. The fraction of sp³-hybridized carbons (Fsp3) is 0.308. The molecule has 1 aromatic rings. The standard InChI is InChI=1S/C13H14N2O4S/c1-15(2)13(17)10(8-14)12(16)9-6-4-5-7-11(9)20(3,18)19/h4-7,10H,1-3H3. The second-order valence-electron chi connectivity index (χ2n) is 4.43. The van der Waals surface area contributed by atoms with E-state index in [1.165, 1.54) is 38.4 Å². The van der Waals surface area contributed by atoms with E-state index in [1.807, 2.05) is 0 Å². The zero-order chi connectivity index (χ0) is 15.5. The molecule has 0 saturated heterocycles. The molecule has 106 valence electrons. The normalized spacial score (nSPS) is 12.3. The molecule has 0 fully saturated rings. The Hall–Kier alpha value is -2.20. The van der Waals surface area contributed by atoms with Crippen LogP contribution in [0.5, 0.6) is 0 Å². The molecule has 0 aliphatic carbocycles. The van der Waals surface area contributed by atoms with Gasteiger partial charge in [0.25, 0.3) is 0 Å². The molecule has 6 nitrogen and oxygen atoms in total. The van der Waals surface area contributed by atoms with E-state index in [0.717, 1.165) is 11.2 Å². The van der Waals surface area contributed by atoms with Crippen molar-refractivity contribution >= 4 is 21.5 Å². The van der Waals surface area contributed by atoms with Crippen molar-refractivity contribution in [3.8, 4) is 6.07 Å². The molecule has 0 aliphatic rings. The summed E-state index contributed by atoms with van der Waals surface area (Å²) in [5.74, 6) is -3.04. The number of ketones is 1. The fourth-order valence-electron chi connectivity index (χ4n) is 1.63. The van der Waals surface area contributed by atoms with Crippen LogP contribution in [0.3, 0.4) is 0 Å². The molecule has 1 rings (SSSR count). The van der Waals surface area contributed by atoms with Crippen LogP contribution < -0.4 is 0 Å². The Kier molecular flexibility index (Phi) is 4.63. The molecule has 7 heteroatoms. The van der Waals surface area contributed by atoms with E-state index < -0.39 is 27.4 Å². The van der Waals surface area contributed by atoms with Gasteiger partial charge in [0.05, 0.1) is 11.0 Å². The van der Waals surface area contributed by atoms with E-state index in [-0.39, 0.29) is 10.5 Å². The summed E-state index contributed by atoms with van der Waals surface area (Å²) in [5.41, 5.74) is -0.142. The SMILES string of the molecule is CN(C)C(=O)C(C#N)C(=O)c1ccccc1S(C)(=O)=O. The van der Waals surface area contributed by atoms with Gasteiger partial charge in [0.2, 0.25) is 5.91 Å². The third kappa shape index (κ3) is 3.22. The summed E-state index contributed by atoms with van der Waals surface area (Å²) in [5, 5.41) is 9.00. The topological polar surface area (TPSA) is 95.3 Å². The van der Waals surface area contributed by atoms with Gasteiger partial charge < -0.3 is 4.90 Å². The van der Waals surface area contributed by atoms with Gasteiger partial charge in [-0.15, -0.1) is 0 Å². The summed E-state index contributed by atoms with van der Waals surface area (Å²) in [6.45, 7) is 0. The summed E-state index contributed by atoms with van der Waals surface area (Å²) in [4.78, 5) is 25.0. The molecule has 1 unspecified atom stereocenters. The first-order chi connectivity index (χ1) is 9.20. The first kappa shape index (κ1) is 15.9. The minimum absolute atomic E-state index is 0.142. The number of carbonyl (C=O) groups is 2. The van der Waals surface area contributed by atoms with E-state index in [1.54, 1.807) is 6.07 Å². The Morgan fingerprint density at radius 3 is 2.25 bits per heavy atom. The summed E-state index contributed by atoms with van der Waals surface area (Å²) in [6.07, 6.45) is 0.967. The Bertz CT molecular complexity index is 687. The highest BCUT2D eigenvalue weighted by molar-refractivity contribution is 7.90. The van der Waals surface area contributed by atoms with Gasteiger partial charge in [-0.2, -0.15) is 5.26 Å². The maximum atomic E-state index is 12.3.